The van der Waals surface area contributed by atoms with Crippen LogP contribution in [-0.4, -0.2) is 41.8 Å². The lowest BCUT2D eigenvalue weighted by Crippen LogP contribution is -2.41. The highest BCUT2D eigenvalue weighted by atomic mass is 32.2. The van der Waals surface area contributed by atoms with Crippen molar-refractivity contribution in [2.45, 2.75) is 34.6 Å². The molecule has 0 aliphatic heterocycles. The van der Waals surface area contributed by atoms with Crippen LogP contribution in [0.25, 0.3) is 0 Å². The molecule has 3 aromatic carbocycles. The van der Waals surface area contributed by atoms with E-state index in [-0.39, 0.29) is 9.79 Å². The van der Waals surface area contributed by atoms with Crippen LogP contribution in [-0.2, 0) is 24.7 Å². The van der Waals surface area contributed by atoms with Gasteiger partial charge in [0.2, 0.25) is 5.91 Å². The molecule has 1 atom stereocenters. The number of hydrogen-bond donors (Lipinski definition) is 1. The fourth-order valence-corrected chi connectivity index (χ4v) is 5.87. The second kappa shape index (κ2) is 10.8. The number of anilines is 1. The summed E-state index contributed by atoms with van der Waals surface area (Å²) in [5.74, 6) is -0.491. The summed E-state index contributed by atoms with van der Waals surface area (Å²) in [5, 5.41) is 2.81. The van der Waals surface area contributed by atoms with Gasteiger partial charge in [-0.05, 0) is 74.2 Å². The molecular weight excluding hydrogens is 504 g/mol. The summed E-state index contributed by atoms with van der Waals surface area (Å²) in [5.41, 5.74) is 2.04. The molecule has 3 rings (SSSR count). The van der Waals surface area contributed by atoms with Crippen molar-refractivity contribution in [2.75, 3.05) is 23.4 Å². The van der Waals surface area contributed by atoms with Crippen LogP contribution in [0.15, 0.2) is 87.5 Å². The number of nitrogens with one attached hydrogen (secondary N) is 1. The van der Waals surface area contributed by atoms with E-state index in [0.29, 0.717) is 11.3 Å². The first-order valence-corrected chi connectivity index (χ1v) is 15.3. The van der Waals surface area contributed by atoms with E-state index in [1.807, 2.05) is 13.2 Å². The molecule has 0 bridgehead atoms. The first-order chi connectivity index (χ1) is 16.4. The molecule has 0 aliphatic rings. The highest BCUT2D eigenvalue weighted by Crippen LogP contribution is 2.26. The van der Waals surface area contributed by atoms with E-state index < -0.39 is 38.4 Å². The van der Waals surface area contributed by atoms with Crippen molar-refractivity contribution >= 4 is 43.2 Å². The van der Waals surface area contributed by atoms with Crippen molar-refractivity contribution in [1.82, 2.24) is 5.32 Å². The van der Waals surface area contributed by atoms with E-state index in [9.17, 15) is 21.6 Å². The molecule has 7 nitrogen and oxygen atoms in total. The number of carbonyl (C=O) groups is 1. The summed E-state index contributed by atoms with van der Waals surface area (Å²) in [7, 11) is -7.34. The Hall–Kier alpha value is -2.82. The van der Waals surface area contributed by atoms with Gasteiger partial charge >= 0.3 is 0 Å². The van der Waals surface area contributed by atoms with Gasteiger partial charge in [0.15, 0.2) is 9.84 Å². The summed E-state index contributed by atoms with van der Waals surface area (Å²) >= 11 is 1.51. The second-order valence-electron chi connectivity index (χ2n) is 8.15. The van der Waals surface area contributed by atoms with Gasteiger partial charge in [-0.2, -0.15) is 0 Å². The van der Waals surface area contributed by atoms with E-state index in [1.54, 1.807) is 55.5 Å². The van der Waals surface area contributed by atoms with Crippen molar-refractivity contribution in [3.8, 4) is 0 Å². The highest BCUT2D eigenvalue weighted by molar-refractivity contribution is 7.98. The number of aryl methyl sites for hydroxylation is 1. The van der Waals surface area contributed by atoms with Crippen molar-refractivity contribution in [3.63, 3.8) is 0 Å². The lowest BCUT2D eigenvalue weighted by Gasteiger charge is -2.25. The lowest BCUT2D eigenvalue weighted by atomic mass is 10.1. The van der Waals surface area contributed by atoms with Gasteiger partial charge < -0.3 is 5.32 Å². The van der Waals surface area contributed by atoms with E-state index in [1.165, 1.54) is 36.0 Å². The third-order valence-corrected chi connectivity index (χ3v) is 9.10. The minimum atomic E-state index is -4.01. The number of rotatable bonds is 9. The Balaban J connectivity index is 1.85. The number of carbonyl (C=O) groups excluding carboxylic acids is 1. The Labute approximate surface area is 211 Å². The first kappa shape index (κ1) is 26.8. The summed E-state index contributed by atoms with van der Waals surface area (Å²) < 4.78 is 51.5. The van der Waals surface area contributed by atoms with E-state index in [4.69, 9.17) is 0 Å². The second-order valence-corrected chi connectivity index (χ2v) is 12.9. The van der Waals surface area contributed by atoms with Gasteiger partial charge in [0, 0.05) is 11.2 Å². The minimum Gasteiger partial charge on any atom is -0.348 e. The Kier molecular flexibility index (Phi) is 8.30. The number of sulfone groups is 1. The van der Waals surface area contributed by atoms with Crippen LogP contribution >= 0.6 is 11.8 Å². The molecule has 0 radical (unpaired) electrons. The Bertz CT molecular complexity index is 1380. The molecule has 0 aliphatic carbocycles. The minimum absolute atomic E-state index is 0.0908. The number of sulfonamides is 1. The Morgan fingerprint density at radius 2 is 1.43 bits per heavy atom. The largest absolute Gasteiger partial charge is 0.348 e. The third kappa shape index (κ3) is 6.65. The molecule has 0 fully saturated rings. The van der Waals surface area contributed by atoms with Gasteiger partial charge in [0.05, 0.1) is 21.5 Å². The summed E-state index contributed by atoms with van der Waals surface area (Å²) in [6, 6.07) is 19.2. The molecule has 3 aromatic rings. The fourth-order valence-electron chi connectivity index (χ4n) is 3.41. The van der Waals surface area contributed by atoms with Crippen molar-refractivity contribution in [3.05, 3.63) is 83.9 Å². The van der Waals surface area contributed by atoms with Gasteiger partial charge in [0.25, 0.3) is 10.0 Å². The molecular formula is C25H28N2O5S3. The normalized spacial score (nSPS) is 12.7. The summed E-state index contributed by atoms with van der Waals surface area (Å²) in [6.45, 7) is 3.23. The van der Waals surface area contributed by atoms with Gasteiger partial charge in [-0.25, -0.2) is 16.8 Å². The quantitative estimate of drug-likeness (QED) is 0.415. The summed E-state index contributed by atoms with van der Waals surface area (Å²) in [6.07, 6.45) is 3.03. The molecule has 0 spiro atoms. The molecule has 10 heteroatoms. The van der Waals surface area contributed by atoms with Crippen LogP contribution in [0, 0.1) is 6.92 Å². The van der Waals surface area contributed by atoms with Crippen LogP contribution in [0.2, 0.25) is 0 Å². The third-order valence-electron chi connectivity index (χ3n) is 5.44. The maximum absolute atomic E-state index is 13.5. The number of hydrogen-bond acceptors (Lipinski definition) is 6. The van der Waals surface area contributed by atoms with Crippen molar-refractivity contribution in [2.24, 2.45) is 0 Å². The van der Waals surface area contributed by atoms with Crippen LogP contribution in [0.4, 0.5) is 5.69 Å². The number of thioether (sulfide) groups is 1. The smallest absolute Gasteiger partial charge is 0.264 e. The average molecular weight is 533 g/mol. The van der Waals surface area contributed by atoms with Gasteiger partial charge in [0.1, 0.15) is 6.54 Å². The molecule has 0 heterocycles. The van der Waals surface area contributed by atoms with E-state index >= 15 is 0 Å². The van der Waals surface area contributed by atoms with E-state index in [0.717, 1.165) is 21.0 Å². The number of amides is 1. The molecule has 0 aromatic heterocycles. The Morgan fingerprint density at radius 3 is 1.94 bits per heavy atom. The predicted octanol–water partition coefficient (Wildman–Crippen LogP) is 4.19. The van der Waals surface area contributed by atoms with Gasteiger partial charge in [-0.1, -0.05) is 29.8 Å². The zero-order chi connectivity index (χ0) is 25.8. The predicted molar refractivity (Wildman–Crippen MR) is 140 cm³/mol. The fraction of sp³-hybridized carbons (Fsp3) is 0.240. The molecule has 0 saturated carbocycles. The molecule has 1 amide bonds. The molecule has 186 valence electrons. The molecule has 0 saturated heterocycles. The highest BCUT2D eigenvalue weighted by Gasteiger charge is 2.27. The molecule has 1 N–H and O–H groups in total. The maximum Gasteiger partial charge on any atom is 0.264 e. The van der Waals surface area contributed by atoms with Crippen molar-refractivity contribution in [1.29, 1.82) is 0 Å². The Morgan fingerprint density at radius 1 is 0.886 bits per heavy atom. The standard InChI is InChI=1S/C25H28N2O5S3/c1-18-5-9-21(10-6-18)27(35(31,32)24-15-11-22(33-3)12-16-24)17-25(28)26-19(2)20-7-13-23(14-8-20)34(4,29)30/h5-16,19H,17H2,1-4H3,(H,26,28)/t19-/m0/s1. The summed E-state index contributed by atoms with van der Waals surface area (Å²) in [4.78, 5) is 14.2. The molecule has 35 heavy (non-hydrogen) atoms. The molecule has 0 unspecified atom stereocenters. The van der Waals surface area contributed by atoms with Crippen LogP contribution in [0.5, 0.6) is 0 Å². The number of benzene rings is 3. The van der Waals surface area contributed by atoms with Gasteiger partial charge in [-0.3, -0.25) is 9.10 Å². The lowest BCUT2D eigenvalue weighted by molar-refractivity contribution is -0.120. The topological polar surface area (TPSA) is 101 Å². The van der Waals surface area contributed by atoms with E-state index in [2.05, 4.69) is 5.32 Å². The number of nitrogens with zero attached hydrogens (tertiary/aromatic N) is 1. The monoisotopic (exact) mass is 532 g/mol. The maximum atomic E-state index is 13.5. The van der Waals surface area contributed by atoms with Crippen LogP contribution in [0.3, 0.4) is 0 Å². The van der Waals surface area contributed by atoms with Crippen LogP contribution < -0.4 is 9.62 Å². The first-order valence-electron chi connectivity index (χ1n) is 10.7. The van der Waals surface area contributed by atoms with Gasteiger partial charge in [-0.15, -0.1) is 11.8 Å². The zero-order valence-electron chi connectivity index (χ0n) is 19.9. The SMILES string of the molecule is CSc1ccc(S(=O)(=O)N(CC(=O)N[C@@H](C)c2ccc(S(C)(=O)=O)cc2)c2ccc(C)cc2)cc1. The zero-order valence-corrected chi connectivity index (χ0v) is 22.4. The van der Waals surface area contributed by atoms with Crippen molar-refractivity contribution < 1.29 is 21.6 Å². The average Bonchev–Trinajstić information content (AvgIpc) is 2.82. The van der Waals surface area contributed by atoms with Crippen LogP contribution in [0.1, 0.15) is 24.1 Å².